The molecule has 1 fully saturated rings. The molecule has 0 aromatic heterocycles. The van der Waals surface area contributed by atoms with E-state index in [4.69, 9.17) is 5.11 Å². The number of carboxylic acid groups (broad SMARTS) is 1. The van der Waals surface area contributed by atoms with Crippen LogP contribution in [0.2, 0.25) is 0 Å². The molecule has 0 amide bonds. The molecule has 0 aliphatic heterocycles. The molecule has 0 bridgehead atoms. The van der Waals surface area contributed by atoms with E-state index in [0.29, 0.717) is 18.4 Å². The van der Waals surface area contributed by atoms with Gasteiger partial charge in [0.15, 0.2) is 0 Å². The van der Waals surface area contributed by atoms with Crippen LogP contribution in [0.3, 0.4) is 0 Å². The number of Topliss-reactive ketones (excluding diaryl/α,β-unsaturated/α-hetero) is 1. The van der Waals surface area contributed by atoms with E-state index in [9.17, 15) is 14.7 Å². The molecule has 0 spiro atoms. The summed E-state index contributed by atoms with van der Waals surface area (Å²) in [6, 6.07) is 0. The minimum Gasteiger partial charge on any atom is -0.478 e. The fourth-order valence-corrected chi connectivity index (χ4v) is 2.95. The van der Waals surface area contributed by atoms with E-state index in [1.165, 1.54) is 0 Å². The molecule has 1 aliphatic carbocycles. The quantitative estimate of drug-likeness (QED) is 0.615. The summed E-state index contributed by atoms with van der Waals surface area (Å²) in [7, 11) is 0. The van der Waals surface area contributed by atoms with Gasteiger partial charge in [-0.05, 0) is 37.0 Å². The van der Waals surface area contributed by atoms with Crippen molar-refractivity contribution in [3.05, 3.63) is 23.3 Å². The van der Waals surface area contributed by atoms with Crippen molar-refractivity contribution in [2.75, 3.05) is 0 Å². The first-order chi connectivity index (χ1) is 8.99. The molecule has 4 nitrogen and oxygen atoms in total. The Balaban J connectivity index is 3.21. The Kier molecular flexibility index (Phi) is 4.59. The summed E-state index contributed by atoms with van der Waals surface area (Å²) in [4.78, 5) is 22.4. The molecule has 2 unspecified atom stereocenters. The van der Waals surface area contributed by atoms with Gasteiger partial charge in [-0.15, -0.1) is 0 Å². The first-order valence-corrected chi connectivity index (χ1v) is 6.85. The zero-order chi connectivity index (χ0) is 15.7. The third kappa shape index (κ3) is 3.18. The van der Waals surface area contributed by atoms with E-state index in [1.54, 1.807) is 19.9 Å². The molecule has 1 rings (SSSR count). The first-order valence-electron chi connectivity index (χ1n) is 6.85. The molecule has 112 valence electrons. The van der Waals surface area contributed by atoms with Crippen molar-refractivity contribution in [1.82, 2.24) is 0 Å². The van der Waals surface area contributed by atoms with Crippen molar-refractivity contribution in [3.63, 3.8) is 0 Å². The van der Waals surface area contributed by atoms with Crippen molar-refractivity contribution < 1.29 is 19.8 Å². The Bertz CT molecular complexity index is 485. The highest BCUT2D eigenvalue weighted by Crippen LogP contribution is 2.47. The number of hydrogen-bond acceptors (Lipinski definition) is 3. The minimum absolute atomic E-state index is 0.163. The summed E-state index contributed by atoms with van der Waals surface area (Å²) in [5.74, 6) is -1.03. The van der Waals surface area contributed by atoms with Crippen LogP contribution in [0.1, 0.15) is 47.5 Å². The summed E-state index contributed by atoms with van der Waals surface area (Å²) in [6.07, 6.45) is 3.53. The number of hydrogen-bond donors (Lipinski definition) is 2. The standard InChI is InChI=1S/C16H24O4/c1-10(6-14(18)19)11(2)8-16(20)12(3)7-13(17)9-15(16,4)5/h6,8,12,20H,7,9H2,1-5H3,(H,18,19)/b10-6+,11-8?. The molecular formula is C16H24O4. The zero-order valence-corrected chi connectivity index (χ0v) is 12.9. The number of ketones is 1. The van der Waals surface area contributed by atoms with Crippen molar-refractivity contribution in [2.45, 2.75) is 53.1 Å². The van der Waals surface area contributed by atoms with E-state index in [-0.39, 0.29) is 11.7 Å². The maximum atomic E-state index is 11.7. The topological polar surface area (TPSA) is 74.6 Å². The lowest BCUT2D eigenvalue weighted by atomic mass is 9.60. The highest BCUT2D eigenvalue weighted by atomic mass is 16.4. The molecule has 0 saturated heterocycles. The fraction of sp³-hybridized carbons (Fsp3) is 0.625. The summed E-state index contributed by atoms with van der Waals surface area (Å²) in [5, 5.41) is 19.8. The Hall–Kier alpha value is -1.42. The van der Waals surface area contributed by atoms with Crippen molar-refractivity contribution >= 4 is 11.8 Å². The van der Waals surface area contributed by atoms with Crippen LogP contribution in [0.5, 0.6) is 0 Å². The Morgan fingerprint density at radius 2 is 1.85 bits per heavy atom. The van der Waals surface area contributed by atoms with Gasteiger partial charge in [-0.1, -0.05) is 20.8 Å². The lowest BCUT2D eigenvalue weighted by molar-refractivity contribution is -0.142. The van der Waals surface area contributed by atoms with Gasteiger partial charge in [0.2, 0.25) is 0 Å². The normalized spacial score (nSPS) is 31.3. The Morgan fingerprint density at radius 1 is 1.30 bits per heavy atom. The number of carbonyl (C=O) groups excluding carboxylic acids is 1. The molecule has 0 heterocycles. The second-order valence-corrected chi connectivity index (χ2v) is 6.52. The molecule has 2 atom stereocenters. The van der Waals surface area contributed by atoms with Crippen molar-refractivity contribution in [2.24, 2.45) is 11.3 Å². The highest BCUT2D eigenvalue weighted by Gasteiger charge is 2.50. The SMILES string of the molecule is CC(=CC1(O)C(C)CC(=O)CC1(C)C)/C(C)=C/C(=O)O. The van der Waals surface area contributed by atoms with Crippen LogP contribution >= 0.6 is 0 Å². The smallest absolute Gasteiger partial charge is 0.328 e. The lowest BCUT2D eigenvalue weighted by Gasteiger charge is -2.48. The molecule has 1 aliphatic rings. The van der Waals surface area contributed by atoms with Gasteiger partial charge in [0.05, 0.1) is 5.60 Å². The molecule has 2 N–H and O–H groups in total. The van der Waals surface area contributed by atoms with Crippen LogP contribution in [0.15, 0.2) is 23.3 Å². The number of aliphatic carboxylic acids is 1. The van der Waals surface area contributed by atoms with E-state index in [1.807, 2.05) is 20.8 Å². The predicted molar refractivity (Wildman–Crippen MR) is 77.3 cm³/mol. The average molecular weight is 280 g/mol. The predicted octanol–water partition coefficient (Wildman–Crippen LogP) is 2.72. The van der Waals surface area contributed by atoms with E-state index in [0.717, 1.165) is 11.6 Å². The second-order valence-electron chi connectivity index (χ2n) is 6.52. The van der Waals surface area contributed by atoms with Gasteiger partial charge < -0.3 is 10.2 Å². The zero-order valence-electron chi connectivity index (χ0n) is 12.9. The number of aliphatic hydroxyl groups is 1. The number of allylic oxidation sites excluding steroid dienone is 2. The van der Waals surface area contributed by atoms with E-state index < -0.39 is 17.0 Å². The molecule has 0 aromatic rings. The number of carboxylic acids is 1. The number of carbonyl (C=O) groups is 2. The summed E-state index contributed by atoms with van der Waals surface area (Å²) in [5.41, 5.74) is -0.347. The molecule has 0 radical (unpaired) electrons. The highest BCUT2D eigenvalue weighted by molar-refractivity contribution is 5.82. The molecule has 1 saturated carbocycles. The van der Waals surface area contributed by atoms with Gasteiger partial charge in [0.1, 0.15) is 5.78 Å². The summed E-state index contributed by atoms with van der Waals surface area (Å²) in [6.45, 7) is 9.10. The van der Waals surface area contributed by atoms with Crippen LogP contribution < -0.4 is 0 Å². The molecular weight excluding hydrogens is 256 g/mol. The Labute approximate surface area is 120 Å². The maximum absolute atomic E-state index is 11.7. The van der Waals surface area contributed by atoms with Crippen LogP contribution in [0.4, 0.5) is 0 Å². The minimum atomic E-state index is -1.11. The van der Waals surface area contributed by atoms with Gasteiger partial charge in [-0.2, -0.15) is 0 Å². The third-order valence-electron chi connectivity index (χ3n) is 4.41. The third-order valence-corrected chi connectivity index (χ3v) is 4.41. The fourth-order valence-electron chi connectivity index (χ4n) is 2.95. The second kappa shape index (κ2) is 5.52. The van der Waals surface area contributed by atoms with Crippen LogP contribution in [-0.2, 0) is 9.59 Å². The van der Waals surface area contributed by atoms with Gasteiger partial charge in [0.25, 0.3) is 0 Å². The lowest BCUT2D eigenvalue weighted by Crippen LogP contribution is -2.53. The van der Waals surface area contributed by atoms with Crippen molar-refractivity contribution in [3.8, 4) is 0 Å². The van der Waals surface area contributed by atoms with Gasteiger partial charge >= 0.3 is 5.97 Å². The average Bonchev–Trinajstić information content (AvgIpc) is 2.24. The van der Waals surface area contributed by atoms with E-state index >= 15 is 0 Å². The first kappa shape index (κ1) is 16.6. The van der Waals surface area contributed by atoms with E-state index in [2.05, 4.69) is 0 Å². The molecule has 4 heteroatoms. The molecule has 0 aromatic carbocycles. The van der Waals surface area contributed by atoms with Crippen LogP contribution in [0, 0.1) is 11.3 Å². The van der Waals surface area contributed by atoms with Gasteiger partial charge in [-0.3, -0.25) is 4.79 Å². The summed E-state index contributed by atoms with van der Waals surface area (Å²) >= 11 is 0. The monoisotopic (exact) mass is 280 g/mol. The van der Waals surface area contributed by atoms with Crippen molar-refractivity contribution in [1.29, 1.82) is 0 Å². The maximum Gasteiger partial charge on any atom is 0.328 e. The van der Waals surface area contributed by atoms with Gasteiger partial charge in [0, 0.05) is 24.3 Å². The molecule has 20 heavy (non-hydrogen) atoms. The van der Waals surface area contributed by atoms with Gasteiger partial charge in [-0.25, -0.2) is 4.79 Å². The van der Waals surface area contributed by atoms with Crippen LogP contribution in [-0.4, -0.2) is 27.6 Å². The largest absolute Gasteiger partial charge is 0.478 e. The Morgan fingerprint density at radius 3 is 2.30 bits per heavy atom. The summed E-state index contributed by atoms with van der Waals surface area (Å²) < 4.78 is 0. The number of rotatable bonds is 3. The van der Waals surface area contributed by atoms with Crippen LogP contribution in [0.25, 0.3) is 0 Å².